The predicted octanol–water partition coefficient (Wildman–Crippen LogP) is 3.01. The van der Waals surface area contributed by atoms with Gasteiger partial charge in [0.1, 0.15) is 0 Å². The molecule has 0 saturated heterocycles. The van der Waals surface area contributed by atoms with Crippen molar-refractivity contribution in [2.75, 3.05) is 6.67 Å². The minimum Gasteiger partial charge on any atom is -0.324 e. The average molecular weight is 177 g/mol. The number of aromatic nitrogens is 1. The van der Waals surface area contributed by atoms with Crippen molar-refractivity contribution in [1.29, 1.82) is 0 Å². The predicted molar refractivity (Wildman–Crippen MR) is 51.8 cm³/mol. The number of halogens is 1. The van der Waals surface area contributed by atoms with Crippen molar-refractivity contribution in [3.63, 3.8) is 0 Å². The van der Waals surface area contributed by atoms with E-state index < -0.39 is 0 Å². The summed E-state index contributed by atoms with van der Waals surface area (Å²) in [5, 5.41) is 0. The summed E-state index contributed by atoms with van der Waals surface area (Å²) in [6.45, 7) is 1.59. The molecular weight excluding hydrogens is 165 g/mol. The van der Waals surface area contributed by atoms with Gasteiger partial charge >= 0.3 is 0 Å². The Labute approximate surface area is 76.8 Å². The monoisotopic (exact) mass is 177 g/mol. The zero-order chi connectivity index (χ0) is 9.26. The molecule has 0 amide bonds. The van der Waals surface area contributed by atoms with E-state index in [9.17, 15) is 4.39 Å². The summed E-state index contributed by atoms with van der Waals surface area (Å²) < 4.78 is 14.4. The summed E-state index contributed by atoms with van der Waals surface area (Å²) in [6.07, 6.45) is 3.96. The van der Waals surface area contributed by atoms with Gasteiger partial charge in [-0.05, 0) is 23.8 Å². The van der Waals surface area contributed by atoms with Crippen LogP contribution in [0.5, 0.6) is 0 Å². The molecule has 2 heterocycles. The third-order valence-electron chi connectivity index (χ3n) is 2.35. The second-order valence-corrected chi connectivity index (χ2v) is 3.36. The summed E-state index contributed by atoms with van der Waals surface area (Å²) in [7, 11) is 0. The maximum Gasteiger partial charge on any atom is 0.0960 e. The van der Waals surface area contributed by atoms with Crippen molar-refractivity contribution in [2.24, 2.45) is 0 Å². The number of rotatable bonds is 2. The molecule has 0 fully saturated rings. The van der Waals surface area contributed by atoms with Crippen molar-refractivity contribution < 1.29 is 4.39 Å². The number of pyridine rings is 1. The van der Waals surface area contributed by atoms with Crippen LogP contribution in [0.3, 0.4) is 0 Å². The zero-order valence-corrected chi connectivity index (χ0v) is 7.57. The van der Waals surface area contributed by atoms with Gasteiger partial charge < -0.3 is 4.40 Å². The van der Waals surface area contributed by atoms with Gasteiger partial charge in [0.25, 0.3) is 0 Å². The van der Waals surface area contributed by atoms with Crippen molar-refractivity contribution in [3.8, 4) is 0 Å². The molecule has 2 heteroatoms. The fraction of sp³-hybridized carbons (Fsp3) is 0.273. The van der Waals surface area contributed by atoms with E-state index in [2.05, 4.69) is 0 Å². The molecule has 13 heavy (non-hydrogen) atoms. The molecule has 0 aliphatic carbocycles. The lowest BCUT2D eigenvalue weighted by atomic mass is 10.1. The first kappa shape index (κ1) is 8.30. The number of fused-ring (bicyclic) bond motifs is 1. The molecular formula is C11H12FN. The number of alkyl halides is 1. The lowest BCUT2D eigenvalue weighted by molar-refractivity contribution is 0.446. The highest BCUT2D eigenvalue weighted by molar-refractivity contribution is 5.48. The molecule has 1 nitrogen and oxygen atoms in total. The molecule has 68 valence electrons. The van der Waals surface area contributed by atoms with E-state index in [0.717, 1.165) is 11.1 Å². The molecule has 2 aromatic heterocycles. The molecule has 0 saturated carbocycles. The molecule has 0 N–H and O–H groups in total. The molecule has 2 rings (SSSR count). The van der Waals surface area contributed by atoms with Gasteiger partial charge in [0.05, 0.1) is 6.67 Å². The van der Waals surface area contributed by atoms with Gasteiger partial charge in [-0.15, -0.1) is 0 Å². The quantitative estimate of drug-likeness (QED) is 0.664. The van der Waals surface area contributed by atoms with E-state index in [4.69, 9.17) is 0 Å². The third-order valence-corrected chi connectivity index (χ3v) is 2.35. The summed E-state index contributed by atoms with van der Waals surface area (Å²) in [5.41, 5.74) is 2.20. The lowest BCUT2D eigenvalue weighted by Crippen LogP contribution is -1.97. The highest BCUT2D eigenvalue weighted by Gasteiger charge is 2.04. The third kappa shape index (κ3) is 1.44. The van der Waals surface area contributed by atoms with Crippen LogP contribution in [0.15, 0.2) is 36.7 Å². The number of hydrogen-bond donors (Lipinski definition) is 0. The van der Waals surface area contributed by atoms with Crippen LogP contribution in [0.1, 0.15) is 18.4 Å². The van der Waals surface area contributed by atoms with Gasteiger partial charge in [-0.3, -0.25) is 4.39 Å². The van der Waals surface area contributed by atoms with Crippen molar-refractivity contribution in [1.82, 2.24) is 4.40 Å². The van der Waals surface area contributed by atoms with Crippen LogP contribution < -0.4 is 0 Å². The summed E-state index contributed by atoms with van der Waals surface area (Å²) in [5.74, 6) is -0.00759. The molecule has 0 bridgehead atoms. The highest BCUT2D eigenvalue weighted by Crippen LogP contribution is 2.16. The van der Waals surface area contributed by atoms with Crippen LogP contribution in [-0.2, 0) is 0 Å². The Morgan fingerprint density at radius 2 is 2.23 bits per heavy atom. The van der Waals surface area contributed by atoms with E-state index in [1.54, 1.807) is 0 Å². The van der Waals surface area contributed by atoms with Crippen molar-refractivity contribution in [3.05, 3.63) is 42.2 Å². The van der Waals surface area contributed by atoms with Crippen LogP contribution in [0.4, 0.5) is 4.39 Å². The topological polar surface area (TPSA) is 4.41 Å². The molecule has 0 aliphatic rings. The van der Waals surface area contributed by atoms with E-state index in [1.165, 1.54) is 0 Å². The van der Waals surface area contributed by atoms with Crippen molar-refractivity contribution >= 4 is 5.52 Å². The fourth-order valence-electron chi connectivity index (χ4n) is 1.43. The Morgan fingerprint density at radius 3 is 3.00 bits per heavy atom. The first-order valence-electron chi connectivity index (χ1n) is 4.44. The first-order chi connectivity index (χ1) is 6.31. The Kier molecular flexibility index (Phi) is 2.05. The maximum atomic E-state index is 12.4. The van der Waals surface area contributed by atoms with Crippen molar-refractivity contribution in [2.45, 2.75) is 12.8 Å². The standard InChI is InChI=1S/C11H12FN/c1-9(7-12)10-4-5-11-3-2-6-13(11)8-10/h2-6,8-9H,7H2,1H3. The van der Waals surface area contributed by atoms with E-state index in [0.29, 0.717) is 0 Å². The SMILES string of the molecule is CC(CF)c1ccc2cccn2c1. The van der Waals surface area contributed by atoms with E-state index in [1.807, 2.05) is 48.0 Å². The largest absolute Gasteiger partial charge is 0.324 e. The van der Waals surface area contributed by atoms with Crippen LogP contribution in [0.2, 0.25) is 0 Å². The maximum absolute atomic E-state index is 12.4. The summed E-state index contributed by atoms with van der Waals surface area (Å²) in [4.78, 5) is 0. The summed E-state index contributed by atoms with van der Waals surface area (Å²) in [6, 6.07) is 8.02. The second kappa shape index (κ2) is 3.21. The number of hydrogen-bond acceptors (Lipinski definition) is 0. The fourth-order valence-corrected chi connectivity index (χ4v) is 1.43. The molecule has 1 unspecified atom stereocenters. The van der Waals surface area contributed by atoms with E-state index >= 15 is 0 Å². The highest BCUT2D eigenvalue weighted by atomic mass is 19.1. The van der Waals surface area contributed by atoms with Gasteiger partial charge in [0.15, 0.2) is 0 Å². The molecule has 1 atom stereocenters. The Balaban J connectivity index is 2.48. The molecule has 0 radical (unpaired) electrons. The van der Waals surface area contributed by atoms with Gasteiger partial charge in [-0.1, -0.05) is 13.0 Å². The van der Waals surface area contributed by atoms with Crippen LogP contribution in [-0.4, -0.2) is 11.1 Å². The van der Waals surface area contributed by atoms with Crippen LogP contribution in [0.25, 0.3) is 5.52 Å². The van der Waals surface area contributed by atoms with E-state index in [-0.39, 0.29) is 12.6 Å². The van der Waals surface area contributed by atoms with Gasteiger partial charge in [-0.25, -0.2) is 0 Å². The minimum atomic E-state index is -0.299. The molecule has 0 aromatic carbocycles. The van der Waals surface area contributed by atoms with Gasteiger partial charge in [0.2, 0.25) is 0 Å². The zero-order valence-electron chi connectivity index (χ0n) is 7.57. The van der Waals surface area contributed by atoms with Crippen LogP contribution in [0, 0.1) is 0 Å². The summed E-state index contributed by atoms with van der Waals surface area (Å²) >= 11 is 0. The Hall–Kier alpha value is -1.31. The lowest BCUT2D eigenvalue weighted by Gasteiger charge is -2.07. The minimum absolute atomic E-state index is 0.00759. The molecule has 0 aliphatic heterocycles. The molecule has 2 aromatic rings. The second-order valence-electron chi connectivity index (χ2n) is 3.36. The normalized spacial score (nSPS) is 13.4. The van der Waals surface area contributed by atoms with Gasteiger partial charge in [-0.2, -0.15) is 0 Å². The molecule has 0 spiro atoms. The van der Waals surface area contributed by atoms with Crippen LogP contribution >= 0.6 is 0 Å². The van der Waals surface area contributed by atoms with Gasteiger partial charge in [0, 0.05) is 23.8 Å². The smallest absolute Gasteiger partial charge is 0.0960 e. The first-order valence-corrected chi connectivity index (χ1v) is 4.44. The Bertz CT molecular complexity index is 405. The average Bonchev–Trinajstić information content (AvgIpc) is 2.63. The Morgan fingerprint density at radius 1 is 1.38 bits per heavy atom. The number of nitrogens with zero attached hydrogens (tertiary/aromatic N) is 1.